The van der Waals surface area contributed by atoms with Crippen LogP contribution < -0.4 is 0 Å². The van der Waals surface area contributed by atoms with Gasteiger partial charge < -0.3 is 4.74 Å². The molecule has 0 amide bonds. The molecule has 126 valence electrons. The maximum absolute atomic E-state index is 12.2. The number of halogens is 1. The van der Waals surface area contributed by atoms with Crippen molar-refractivity contribution < 1.29 is 9.53 Å². The highest BCUT2D eigenvalue weighted by Crippen LogP contribution is 2.36. The lowest BCUT2D eigenvalue weighted by atomic mass is 9.88. The first-order chi connectivity index (χ1) is 12.1. The van der Waals surface area contributed by atoms with Crippen molar-refractivity contribution in [1.82, 2.24) is 0 Å². The monoisotopic (exact) mass is 350 g/mol. The van der Waals surface area contributed by atoms with Gasteiger partial charge in [0.05, 0.1) is 13.0 Å². The second kappa shape index (κ2) is 7.54. The molecule has 25 heavy (non-hydrogen) atoms. The third kappa shape index (κ3) is 3.59. The summed E-state index contributed by atoms with van der Waals surface area (Å²) < 4.78 is 5.17. The van der Waals surface area contributed by atoms with Crippen LogP contribution in [0.4, 0.5) is 0 Å². The van der Waals surface area contributed by atoms with E-state index in [0.717, 1.165) is 33.0 Å². The van der Waals surface area contributed by atoms with Crippen molar-refractivity contribution in [3.05, 3.63) is 77.3 Å². The lowest BCUT2D eigenvalue weighted by Crippen LogP contribution is -2.10. The number of benzene rings is 3. The molecule has 0 radical (unpaired) electrons. The van der Waals surface area contributed by atoms with Gasteiger partial charge in [-0.3, -0.25) is 4.79 Å². The number of rotatable bonds is 5. The van der Waals surface area contributed by atoms with Crippen LogP contribution in [0.2, 0.25) is 5.02 Å². The van der Waals surface area contributed by atoms with Crippen molar-refractivity contribution in [3.8, 4) is 11.1 Å². The van der Waals surface area contributed by atoms with Crippen LogP contribution in [0, 0.1) is 0 Å². The van der Waals surface area contributed by atoms with E-state index >= 15 is 0 Å². The molecule has 3 heteroatoms. The number of carbonyl (C=O) groups is 1. The van der Waals surface area contributed by atoms with Crippen molar-refractivity contribution in [1.29, 1.82) is 0 Å². The Morgan fingerprint density at radius 2 is 1.88 bits per heavy atom. The zero-order valence-electron chi connectivity index (χ0n) is 14.1. The normalized spacial score (nSPS) is 10.6. The molecular weight excluding hydrogens is 332 g/mol. The zero-order valence-corrected chi connectivity index (χ0v) is 14.8. The molecule has 0 fully saturated rings. The quantitative estimate of drug-likeness (QED) is 0.535. The van der Waals surface area contributed by atoms with E-state index in [2.05, 4.69) is 24.8 Å². The summed E-state index contributed by atoms with van der Waals surface area (Å²) in [6, 6.07) is 17.9. The van der Waals surface area contributed by atoms with Crippen molar-refractivity contribution in [3.63, 3.8) is 0 Å². The summed E-state index contributed by atoms with van der Waals surface area (Å²) in [4.78, 5) is 12.2. The fourth-order valence-electron chi connectivity index (χ4n) is 3.09. The van der Waals surface area contributed by atoms with E-state index in [4.69, 9.17) is 16.3 Å². The van der Waals surface area contributed by atoms with Crippen LogP contribution in [0.5, 0.6) is 0 Å². The third-order valence-corrected chi connectivity index (χ3v) is 4.42. The number of fused-ring (bicyclic) bond motifs is 1. The second-order valence-electron chi connectivity index (χ2n) is 5.73. The number of hydrogen-bond acceptors (Lipinski definition) is 2. The van der Waals surface area contributed by atoms with Crippen LogP contribution in [0.3, 0.4) is 0 Å². The lowest BCUT2D eigenvalue weighted by Gasteiger charge is -2.17. The van der Waals surface area contributed by atoms with E-state index in [-0.39, 0.29) is 12.4 Å². The molecule has 2 nitrogen and oxygen atoms in total. The van der Waals surface area contributed by atoms with Crippen LogP contribution in [-0.2, 0) is 16.0 Å². The number of hydrogen-bond donors (Lipinski definition) is 0. The predicted molar refractivity (Wildman–Crippen MR) is 105 cm³/mol. The van der Waals surface area contributed by atoms with Gasteiger partial charge in [0.2, 0.25) is 0 Å². The van der Waals surface area contributed by atoms with E-state index in [1.165, 1.54) is 0 Å². The van der Waals surface area contributed by atoms with Crippen LogP contribution in [-0.4, -0.2) is 12.6 Å². The maximum atomic E-state index is 12.2. The van der Waals surface area contributed by atoms with Crippen molar-refractivity contribution >= 4 is 34.4 Å². The largest absolute Gasteiger partial charge is 0.466 e. The Balaban J connectivity index is 2.30. The van der Waals surface area contributed by atoms with Gasteiger partial charge in [-0.1, -0.05) is 60.7 Å². The molecule has 0 atom stereocenters. The topological polar surface area (TPSA) is 26.3 Å². The first kappa shape index (κ1) is 17.2. The third-order valence-electron chi connectivity index (χ3n) is 4.17. The van der Waals surface area contributed by atoms with Crippen LogP contribution in [0.25, 0.3) is 28.0 Å². The average molecular weight is 351 g/mol. The first-order valence-electron chi connectivity index (χ1n) is 8.22. The summed E-state index contributed by atoms with van der Waals surface area (Å²) in [5.74, 6) is -0.240. The molecule has 3 aromatic rings. The van der Waals surface area contributed by atoms with Gasteiger partial charge in [-0.15, -0.1) is 0 Å². The van der Waals surface area contributed by atoms with Gasteiger partial charge >= 0.3 is 5.97 Å². The molecular formula is C22H19ClO2. The first-order valence-corrected chi connectivity index (χ1v) is 8.60. The van der Waals surface area contributed by atoms with Gasteiger partial charge in [-0.25, -0.2) is 0 Å². The molecule has 0 heterocycles. The van der Waals surface area contributed by atoms with Gasteiger partial charge in [0.25, 0.3) is 0 Å². The fraction of sp³-hybridized carbons (Fsp3) is 0.136. The molecule has 0 aliphatic carbocycles. The van der Waals surface area contributed by atoms with Crippen molar-refractivity contribution in [2.75, 3.05) is 6.61 Å². The lowest BCUT2D eigenvalue weighted by molar-refractivity contribution is -0.142. The molecule has 0 aromatic heterocycles. The summed E-state index contributed by atoms with van der Waals surface area (Å²) in [6.07, 6.45) is 2.00. The second-order valence-corrected chi connectivity index (χ2v) is 6.17. The molecule has 0 aliphatic heterocycles. The molecule has 0 bridgehead atoms. The van der Waals surface area contributed by atoms with Gasteiger partial charge in [0.15, 0.2) is 0 Å². The smallest absolute Gasteiger partial charge is 0.310 e. The highest BCUT2D eigenvalue weighted by Gasteiger charge is 2.17. The Morgan fingerprint density at radius 3 is 2.56 bits per heavy atom. The van der Waals surface area contributed by atoms with E-state index < -0.39 is 0 Å². The van der Waals surface area contributed by atoms with Crippen LogP contribution in [0.15, 0.2) is 61.2 Å². The van der Waals surface area contributed by atoms with Gasteiger partial charge in [-0.2, -0.15) is 0 Å². The summed E-state index contributed by atoms with van der Waals surface area (Å²) in [7, 11) is 0. The number of carbonyl (C=O) groups excluding carboxylic acids is 1. The minimum Gasteiger partial charge on any atom is -0.466 e. The van der Waals surface area contributed by atoms with E-state index in [1.54, 1.807) is 6.08 Å². The van der Waals surface area contributed by atoms with Crippen LogP contribution in [0.1, 0.15) is 18.1 Å². The standard InChI is InChI=1S/C22H19ClO2/c1-3-15-13-17-7-5-6-8-19(17)22(16-9-11-18(23)12-10-16)20(15)14-21(24)25-4-2/h3,5-13H,1,4,14H2,2H3. The van der Waals surface area contributed by atoms with Gasteiger partial charge in [0.1, 0.15) is 0 Å². The summed E-state index contributed by atoms with van der Waals surface area (Å²) >= 11 is 6.05. The molecule has 0 saturated heterocycles. The van der Waals surface area contributed by atoms with Gasteiger partial charge in [0, 0.05) is 5.02 Å². The highest BCUT2D eigenvalue weighted by atomic mass is 35.5. The van der Waals surface area contributed by atoms with Crippen molar-refractivity contribution in [2.24, 2.45) is 0 Å². The molecule has 3 rings (SSSR count). The molecule has 0 spiro atoms. The molecule has 3 aromatic carbocycles. The summed E-state index contributed by atoms with van der Waals surface area (Å²) in [5.41, 5.74) is 3.91. The zero-order chi connectivity index (χ0) is 17.8. The van der Waals surface area contributed by atoms with E-state index in [9.17, 15) is 4.79 Å². The average Bonchev–Trinajstić information content (AvgIpc) is 2.62. The SMILES string of the molecule is C=Cc1cc2ccccc2c(-c2ccc(Cl)cc2)c1CC(=O)OCC. The summed E-state index contributed by atoms with van der Waals surface area (Å²) in [5, 5.41) is 2.88. The van der Waals surface area contributed by atoms with E-state index in [0.29, 0.717) is 11.6 Å². The minimum absolute atomic E-state index is 0.206. The Hall–Kier alpha value is -2.58. The molecule has 0 aliphatic rings. The predicted octanol–water partition coefficient (Wildman–Crippen LogP) is 5.91. The Labute approximate surface area is 152 Å². The van der Waals surface area contributed by atoms with Gasteiger partial charge in [-0.05, 0) is 58.1 Å². The molecule has 0 N–H and O–H groups in total. The molecule has 0 unspecified atom stereocenters. The van der Waals surface area contributed by atoms with Crippen molar-refractivity contribution in [2.45, 2.75) is 13.3 Å². The molecule has 0 saturated carbocycles. The highest BCUT2D eigenvalue weighted by molar-refractivity contribution is 6.30. The Kier molecular flexibility index (Phi) is 5.20. The number of esters is 1. The minimum atomic E-state index is -0.240. The Bertz CT molecular complexity index is 927. The number of ether oxygens (including phenoxy) is 1. The Morgan fingerprint density at radius 1 is 1.16 bits per heavy atom. The van der Waals surface area contributed by atoms with Crippen LogP contribution >= 0.6 is 11.6 Å². The fourth-order valence-corrected chi connectivity index (χ4v) is 3.21. The van der Waals surface area contributed by atoms with E-state index in [1.807, 2.05) is 43.3 Å². The summed E-state index contributed by atoms with van der Waals surface area (Å²) in [6.45, 7) is 6.11. The maximum Gasteiger partial charge on any atom is 0.310 e.